The SMILES string of the molecule is C[C@@H]1OC(=O)[C@@H](N)COC[C@H](Cc2cccc3ccccc23)[C@H]1OCCCC(F)(F)F. The van der Waals surface area contributed by atoms with E-state index in [9.17, 15) is 18.0 Å². The largest absolute Gasteiger partial charge is 0.459 e. The molecule has 1 saturated heterocycles. The molecule has 1 heterocycles. The molecule has 0 saturated carbocycles. The summed E-state index contributed by atoms with van der Waals surface area (Å²) in [6, 6.07) is 13.1. The lowest BCUT2D eigenvalue weighted by molar-refractivity contribution is -0.161. The molecule has 2 aromatic rings. The van der Waals surface area contributed by atoms with E-state index in [1.165, 1.54) is 0 Å². The van der Waals surface area contributed by atoms with Crippen molar-refractivity contribution >= 4 is 16.7 Å². The molecule has 3 rings (SSSR count). The van der Waals surface area contributed by atoms with E-state index in [1.54, 1.807) is 6.92 Å². The van der Waals surface area contributed by atoms with E-state index < -0.39 is 36.8 Å². The summed E-state index contributed by atoms with van der Waals surface area (Å²) in [6.07, 6.45) is -6.07. The zero-order valence-electron chi connectivity index (χ0n) is 17.4. The van der Waals surface area contributed by atoms with Crippen LogP contribution >= 0.6 is 0 Å². The molecule has 0 unspecified atom stereocenters. The van der Waals surface area contributed by atoms with Gasteiger partial charge in [0.25, 0.3) is 0 Å². The fourth-order valence-electron chi connectivity index (χ4n) is 3.92. The number of benzene rings is 2. The molecule has 0 bridgehead atoms. The highest BCUT2D eigenvalue weighted by Gasteiger charge is 2.34. The van der Waals surface area contributed by atoms with Gasteiger partial charge >= 0.3 is 12.1 Å². The number of ether oxygens (including phenoxy) is 3. The van der Waals surface area contributed by atoms with Crippen LogP contribution in [0.3, 0.4) is 0 Å². The van der Waals surface area contributed by atoms with Crippen LogP contribution < -0.4 is 5.73 Å². The number of hydrogen-bond acceptors (Lipinski definition) is 5. The normalized spacial score (nSPS) is 25.5. The number of carbonyl (C=O) groups excluding carboxylic acids is 1. The van der Waals surface area contributed by atoms with Gasteiger partial charge < -0.3 is 19.9 Å². The molecule has 0 spiro atoms. The fourth-order valence-corrected chi connectivity index (χ4v) is 3.92. The summed E-state index contributed by atoms with van der Waals surface area (Å²) in [4.78, 5) is 12.1. The lowest BCUT2D eigenvalue weighted by Gasteiger charge is -2.31. The van der Waals surface area contributed by atoms with Gasteiger partial charge in [-0.15, -0.1) is 0 Å². The molecule has 2 aromatic carbocycles. The van der Waals surface area contributed by atoms with Gasteiger partial charge in [-0.1, -0.05) is 42.5 Å². The summed E-state index contributed by atoms with van der Waals surface area (Å²) in [7, 11) is 0. The van der Waals surface area contributed by atoms with Crippen LogP contribution in [0.1, 0.15) is 25.3 Å². The Kier molecular flexibility index (Phi) is 7.91. The van der Waals surface area contributed by atoms with Crippen molar-refractivity contribution in [3.05, 3.63) is 48.0 Å². The minimum Gasteiger partial charge on any atom is -0.459 e. The van der Waals surface area contributed by atoms with Crippen molar-refractivity contribution in [2.24, 2.45) is 11.7 Å². The highest BCUT2D eigenvalue weighted by Crippen LogP contribution is 2.27. The van der Waals surface area contributed by atoms with Gasteiger partial charge in [0.2, 0.25) is 0 Å². The Balaban J connectivity index is 1.81. The van der Waals surface area contributed by atoms with Crippen molar-refractivity contribution in [3.63, 3.8) is 0 Å². The van der Waals surface area contributed by atoms with Crippen LogP contribution in [0.15, 0.2) is 42.5 Å². The van der Waals surface area contributed by atoms with Crippen molar-refractivity contribution in [1.29, 1.82) is 0 Å². The van der Waals surface area contributed by atoms with E-state index in [0.717, 1.165) is 16.3 Å². The molecule has 170 valence electrons. The molecule has 0 aliphatic carbocycles. The highest BCUT2D eigenvalue weighted by molar-refractivity contribution is 5.85. The second-order valence-corrected chi connectivity index (χ2v) is 7.94. The Labute approximate surface area is 179 Å². The van der Waals surface area contributed by atoms with Crippen LogP contribution in [0, 0.1) is 5.92 Å². The predicted octanol–water partition coefficient (Wildman–Crippen LogP) is 4.02. The van der Waals surface area contributed by atoms with Crippen LogP contribution in [0.5, 0.6) is 0 Å². The molecule has 31 heavy (non-hydrogen) atoms. The van der Waals surface area contributed by atoms with Gasteiger partial charge in [-0.3, -0.25) is 4.79 Å². The number of nitrogens with two attached hydrogens (primary N) is 1. The topological polar surface area (TPSA) is 70.8 Å². The van der Waals surface area contributed by atoms with E-state index in [-0.39, 0.29) is 32.2 Å². The van der Waals surface area contributed by atoms with Crippen LogP contribution in [0.25, 0.3) is 10.8 Å². The number of halogens is 3. The minimum atomic E-state index is -4.24. The molecule has 0 amide bonds. The zero-order chi connectivity index (χ0) is 22.4. The van der Waals surface area contributed by atoms with Crippen LogP contribution in [-0.4, -0.2) is 50.2 Å². The Morgan fingerprint density at radius 1 is 1.13 bits per heavy atom. The Morgan fingerprint density at radius 2 is 1.87 bits per heavy atom. The summed E-state index contributed by atoms with van der Waals surface area (Å²) in [5.74, 6) is -0.841. The molecular weight excluding hydrogens is 411 g/mol. The Bertz CT molecular complexity index is 868. The smallest absolute Gasteiger partial charge is 0.389 e. The molecule has 1 aliphatic heterocycles. The quantitative estimate of drug-likeness (QED) is 0.544. The van der Waals surface area contributed by atoms with Gasteiger partial charge in [-0.2, -0.15) is 13.2 Å². The van der Waals surface area contributed by atoms with E-state index >= 15 is 0 Å². The Morgan fingerprint density at radius 3 is 2.65 bits per heavy atom. The average molecular weight is 439 g/mol. The van der Waals surface area contributed by atoms with Crippen LogP contribution in [0.2, 0.25) is 0 Å². The molecule has 8 heteroatoms. The maximum absolute atomic E-state index is 12.5. The lowest BCUT2D eigenvalue weighted by Crippen LogP contribution is -2.42. The second kappa shape index (κ2) is 10.4. The summed E-state index contributed by atoms with van der Waals surface area (Å²) >= 11 is 0. The first-order chi connectivity index (χ1) is 14.7. The molecule has 0 radical (unpaired) electrons. The van der Waals surface area contributed by atoms with E-state index in [1.807, 2.05) is 42.5 Å². The van der Waals surface area contributed by atoms with Gasteiger partial charge in [-0.05, 0) is 36.1 Å². The fraction of sp³-hybridized carbons (Fsp3) is 0.522. The van der Waals surface area contributed by atoms with E-state index in [4.69, 9.17) is 19.9 Å². The first-order valence-electron chi connectivity index (χ1n) is 10.4. The van der Waals surface area contributed by atoms with Gasteiger partial charge in [0.05, 0.1) is 19.3 Å². The van der Waals surface area contributed by atoms with Gasteiger partial charge in [0.15, 0.2) is 0 Å². The number of cyclic esters (lactones) is 1. The average Bonchev–Trinajstić information content (AvgIpc) is 2.76. The first kappa shape index (κ1) is 23.5. The van der Waals surface area contributed by atoms with Crippen molar-refractivity contribution in [3.8, 4) is 0 Å². The first-order valence-corrected chi connectivity index (χ1v) is 10.4. The van der Waals surface area contributed by atoms with Crippen LogP contribution in [-0.2, 0) is 25.4 Å². The molecule has 5 nitrogen and oxygen atoms in total. The lowest BCUT2D eigenvalue weighted by atomic mass is 9.89. The molecule has 1 fully saturated rings. The minimum absolute atomic E-state index is 0.0123. The summed E-state index contributed by atoms with van der Waals surface area (Å²) in [5.41, 5.74) is 6.87. The summed E-state index contributed by atoms with van der Waals surface area (Å²) in [5, 5.41) is 2.18. The van der Waals surface area contributed by atoms with Gasteiger partial charge in [-0.25, -0.2) is 0 Å². The van der Waals surface area contributed by atoms with Crippen molar-refractivity contribution in [2.45, 2.75) is 50.6 Å². The number of alkyl halides is 3. The maximum atomic E-state index is 12.5. The molecule has 1 aliphatic rings. The molecular formula is C23H28F3NO4. The molecule has 0 aromatic heterocycles. The standard InChI is InChI=1S/C23H28F3NO4/c1-15-21(30-11-5-10-23(24,25)26)18(13-29-14-20(27)22(28)31-15)12-17-8-4-7-16-6-2-3-9-19(16)17/h2-4,6-9,15,18,20-21H,5,10-14,27H2,1H3/t15-,18-,20-,21-/m0/s1. The predicted molar refractivity (Wildman–Crippen MR) is 111 cm³/mol. The number of esters is 1. The van der Waals surface area contributed by atoms with Crippen molar-refractivity contribution < 1.29 is 32.2 Å². The summed E-state index contributed by atoms with van der Waals surface area (Å²) in [6.45, 7) is 1.85. The maximum Gasteiger partial charge on any atom is 0.389 e. The van der Waals surface area contributed by atoms with Crippen LogP contribution in [0.4, 0.5) is 13.2 Å². The monoisotopic (exact) mass is 439 g/mol. The third kappa shape index (κ3) is 6.66. The van der Waals surface area contributed by atoms with Crippen molar-refractivity contribution in [1.82, 2.24) is 0 Å². The second-order valence-electron chi connectivity index (χ2n) is 7.94. The van der Waals surface area contributed by atoms with E-state index in [2.05, 4.69) is 0 Å². The van der Waals surface area contributed by atoms with Crippen molar-refractivity contribution in [2.75, 3.05) is 19.8 Å². The number of carbonyl (C=O) groups is 1. The third-order valence-electron chi connectivity index (χ3n) is 5.44. The number of fused-ring (bicyclic) bond motifs is 1. The van der Waals surface area contributed by atoms with Gasteiger partial charge in [0.1, 0.15) is 12.1 Å². The van der Waals surface area contributed by atoms with E-state index in [0.29, 0.717) is 6.42 Å². The zero-order valence-corrected chi connectivity index (χ0v) is 17.4. The summed E-state index contributed by atoms with van der Waals surface area (Å²) < 4.78 is 54.6. The number of rotatable bonds is 6. The third-order valence-corrected chi connectivity index (χ3v) is 5.44. The van der Waals surface area contributed by atoms with Gasteiger partial charge in [0, 0.05) is 18.9 Å². The number of hydrogen-bond donors (Lipinski definition) is 1. The highest BCUT2D eigenvalue weighted by atomic mass is 19.4. The molecule has 2 N–H and O–H groups in total. The molecule has 4 atom stereocenters. The Hall–Kier alpha value is -2.16.